The van der Waals surface area contributed by atoms with E-state index in [0.29, 0.717) is 11.4 Å². The van der Waals surface area contributed by atoms with Gasteiger partial charge >= 0.3 is 0 Å². The first-order chi connectivity index (χ1) is 10.2. The third-order valence-corrected chi connectivity index (χ3v) is 4.54. The summed E-state index contributed by atoms with van der Waals surface area (Å²) in [5, 5.41) is 0.913. The number of aromatic nitrogens is 1. The number of imide groups is 1. The van der Waals surface area contributed by atoms with Gasteiger partial charge in [0.25, 0.3) is 11.1 Å². The largest absolute Gasteiger partial charge is 0.347 e. The fourth-order valence-electron chi connectivity index (χ4n) is 2.57. The van der Waals surface area contributed by atoms with Gasteiger partial charge in [-0.25, -0.2) is 0 Å². The minimum absolute atomic E-state index is 0.187. The first kappa shape index (κ1) is 13.9. The predicted octanol–water partition coefficient (Wildman–Crippen LogP) is 3.72. The lowest BCUT2D eigenvalue weighted by Crippen LogP contribution is -2.27. The highest BCUT2D eigenvalue weighted by atomic mass is 32.2. The van der Waals surface area contributed by atoms with Crippen LogP contribution in [-0.2, 0) is 11.3 Å². The third-order valence-electron chi connectivity index (χ3n) is 3.64. The van der Waals surface area contributed by atoms with Gasteiger partial charge in [-0.1, -0.05) is 18.2 Å². The maximum absolute atomic E-state index is 12.2. The SMILES string of the molecule is CCN1C(=O)S/C(=C\c2cn(CC)c3ccccc23)C1=O. The Morgan fingerprint density at radius 3 is 2.57 bits per heavy atom. The third kappa shape index (κ3) is 2.27. The molecule has 1 fully saturated rings. The van der Waals surface area contributed by atoms with E-state index in [-0.39, 0.29) is 11.1 Å². The summed E-state index contributed by atoms with van der Waals surface area (Å²) in [6.07, 6.45) is 3.86. The van der Waals surface area contributed by atoms with Crippen molar-refractivity contribution in [2.24, 2.45) is 0 Å². The minimum Gasteiger partial charge on any atom is -0.347 e. The average molecular weight is 300 g/mol. The summed E-state index contributed by atoms with van der Waals surface area (Å²) in [7, 11) is 0. The zero-order chi connectivity index (χ0) is 15.0. The second-order valence-corrected chi connectivity index (χ2v) is 5.81. The number of para-hydroxylation sites is 1. The number of carbonyl (C=O) groups excluding carboxylic acids is 2. The van der Waals surface area contributed by atoms with Crippen LogP contribution in [0.25, 0.3) is 17.0 Å². The number of thioether (sulfide) groups is 1. The highest BCUT2D eigenvalue weighted by Crippen LogP contribution is 2.33. The molecular weight excluding hydrogens is 284 g/mol. The first-order valence-corrected chi connectivity index (χ1v) is 7.80. The Labute approximate surface area is 127 Å². The lowest BCUT2D eigenvalue weighted by molar-refractivity contribution is -0.122. The molecule has 0 N–H and O–H groups in total. The summed E-state index contributed by atoms with van der Waals surface area (Å²) < 4.78 is 2.14. The van der Waals surface area contributed by atoms with Gasteiger partial charge in [0.1, 0.15) is 0 Å². The molecule has 2 aromatic rings. The lowest BCUT2D eigenvalue weighted by atomic mass is 10.1. The molecule has 21 heavy (non-hydrogen) atoms. The number of rotatable bonds is 3. The Balaban J connectivity index is 2.08. The van der Waals surface area contributed by atoms with Crippen LogP contribution < -0.4 is 0 Å². The van der Waals surface area contributed by atoms with Crippen LogP contribution in [0.5, 0.6) is 0 Å². The normalized spacial score (nSPS) is 17.4. The van der Waals surface area contributed by atoms with Gasteiger partial charge in [-0.05, 0) is 37.8 Å². The summed E-state index contributed by atoms with van der Waals surface area (Å²) in [5.74, 6) is -0.194. The number of benzene rings is 1. The Kier molecular flexibility index (Phi) is 3.59. The van der Waals surface area contributed by atoms with E-state index in [0.717, 1.165) is 34.8 Å². The Hall–Kier alpha value is -2.01. The number of hydrogen-bond donors (Lipinski definition) is 0. The highest BCUT2D eigenvalue weighted by Gasteiger charge is 2.33. The highest BCUT2D eigenvalue weighted by molar-refractivity contribution is 8.18. The zero-order valence-corrected chi connectivity index (χ0v) is 12.8. The van der Waals surface area contributed by atoms with Gasteiger partial charge in [-0.15, -0.1) is 0 Å². The first-order valence-electron chi connectivity index (χ1n) is 6.99. The fraction of sp³-hybridized carbons (Fsp3) is 0.250. The monoisotopic (exact) mass is 300 g/mol. The predicted molar refractivity (Wildman–Crippen MR) is 86.0 cm³/mol. The van der Waals surface area contributed by atoms with E-state index in [1.54, 1.807) is 0 Å². The van der Waals surface area contributed by atoms with E-state index in [1.807, 2.05) is 37.4 Å². The lowest BCUT2D eigenvalue weighted by Gasteiger charge is -2.06. The quantitative estimate of drug-likeness (QED) is 0.811. The van der Waals surface area contributed by atoms with Crippen molar-refractivity contribution in [1.29, 1.82) is 0 Å². The van der Waals surface area contributed by atoms with Crippen LogP contribution in [0.3, 0.4) is 0 Å². The molecule has 0 atom stereocenters. The van der Waals surface area contributed by atoms with E-state index < -0.39 is 0 Å². The van der Waals surface area contributed by atoms with Gasteiger partial charge in [-0.2, -0.15) is 0 Å². The van der Waals surface area contributed by atoms with Gasteiger partial charge < -0.3 is 4.57 Å². The Bertz CT molecular complexity index is 761. The van der Waals surface area contributed by atoms with Crippen LogP contribution in [-0.4, -0.2) is 27.2 Å². The summed E-state index contributed by atoms with van der Waals surface area (Å²) in [4.78, 5) is 25.7. The number of fused-ring (bicyclic) bond motifs is 1. The molecule has 1 aromatic heterocycles. The molecule has 1 aliphatic rings. The van der Waals surface area contributed by atoms with Crippen molar-refractivity contribution in [3.05, 3.63) is 40.9 Å². The second kappa shape index (κ2) is 5.41. The molecule has 5 heteroatoms. The smallest absolute Gasteiger partial charge is 0.293 e. The molecule has 2 heterocycles. The molecule has 4 nitrogen and oxygen atoms in total. The number of carbonyl (C=O) groups is 2. The molecule has 0 spiro atoms. The topological polar surface area (TPSA) is 42.3 Å². The average Bonchev–Trinajstić information content (AvgIpc) is 2.98. The van der Waals surface area contributed by atoms with Crippen molar-refractivity contribution < 1.29 is 9.59 Å². The van der Waals surface area contributed by atoms with E-state index in [9.17, 15) is 9.59 Å². The second-order valence-electron chi connectivity index (χ2n) is 4.81. The van der Waals surface area contributed by atoms with Crippen LogP contribution in [0.2, 0.25) is 0 Å². The molecule has 0 radical (unpaired) electrons. The molecule has 1 saturated heterocycles. The molecular formula is C16H16N2O2S. The number of nitrogens with zero attached hydrogens (tertiary/aromatic N) is 2. The summed E-state index contributed by atoms with van der Waals surface area (Å²) >= 11 is 1.02. The van der Waals surface area contributed by atoms with Crippen molar-refractivity contribution in [3.63, 3.8) is 0 Å². The van der Waals surface area contributed by atoms with Crippen molar-refractivity contribution in [1.82, 2.24) is 9.47 Å². The molecule has 0 unspecified atom stereocenters. The number of amides is 2. The summed E-state index contributed by atoms with van der Waals surface area (Å²) in [6.45, 7) is 5.17. The Morgan fingerprint density at radius 1 is 1.14 bits per heavy atom. The van der Waals surface area contributed by atoms with Crippen LogP contribution in [0, 0.1) is 0 Å². The van der Waals surface area contributed by atoms with Crippen molar-refractivity contribution in [3.8, 4) is 0 Å². The van der Waals surface area contributed by atoms with E-state index in [2.05, 4.69) is 17.6 Å². The van der Waals surface area contributed by atoms with Crippen LogP contribution in [0.1, 0.15) is 19.4 Å². The molecule has 108 valence electrons. The standard InChI is InChI=1S/C16H16N2O2S/c1-3-17-10-11(12-7-5-6-8-13(12)17)9-14-15(19)18(4-2)16(20)21-14/h5-10H,3-4H2,1-2H3/b14-9-. The molecule has 3 rings (SSSR count). The number of hydrogen-bond acceptors (Lipinski definition) is 3. The summed E-state index contributed by atoms with van der Waals surface area (Å²) in [6, 6.07) is 8.09. The zero-order valence-electron chi connectivity index (χ0n) is 12.0. The van der Waals surface area contributed by atoms with E-state index in [1.165, 1.54) is 4.90 Å². The van der Waals surface area contributed by atoms with Crippen LogP contribution in [0.15, 0.2) is 35.4 Å². The minimum atomic E-state index is -0.194. The maximum atomic E-state index is 12.2. The van der Waals surface area contributed by atoms with Gasteiger partial charge in [0.05, 0.1) is 4.91 Å². The summed E-state index contributed by atoms with van der Waals surface area (Å²) in [5.41, 5.74) is 2.12. The van der Waals surface area contributed by atoms with Gasteiger partial charge in [0.2, 0.25) is 0 Å². The van der Waals surface area contributed by atoms with E-state index in [4.69, 9.17) is 0 Å². The number of aryl methyl sites for hydroxylation is 1. The molecule has 1 aliphatic heterocycles. The van der Waals surface area contributed by atoms with Crippen LogP contribution >= 0.6 is 11.8 Å². The van der Waals surface area contributed by atoms with Gasteiger partial charge in [0, 0.05) is 35.8 Å². The Morgan fingerprint density at radius 2 is 1.90 bits per heavy atom. The van der Waals surface area contributed by atoms with Crippen molar-refractivity contribution in [2.75, 3.05) is 6.54 Å². The molecule has 0 aliphatic carbocycles. The number of likely N-dealkylation sites (N-methyl/N-ethyl adjacent to an activating group) is 1. The van der Waals surface area contributed by atoms with Crippen molar-refractivity contribution in [2.45, 2.75) is 20.4 Å². The fourth-order valence-corrected chi connectivity index (χ4v) is 3.46. The van der Waals surface area contributed by atoms with Crippen molar-refractivity contribution >= 4 is 39.9 Å². The molecule has 2 amide bonds. The molecule has 0 saturated carbocycles. The van der Waals surface area contributed by atoms with Crippen LogP contribution in [0.4, 0.5) is 4.79 Å². The molecule has 0 bridgehead atoms. The maximum Gasteiger partial charge on any atom is 0.293 e. The van der Waals surface area contributed by atoms with E-state index >= 15 is 0 Å². The van der Waals surface area contributed by atoms with Gasteiger partial charge in [0.15, 0.2) is 0 Å². The van der Waals surface area contributed by atoms with Gasteiger partial charge in [-0.3, -0.25) is 14.5 Å². The molecule has 1 aromatic carbocycles.